The Bertz CT molecular complexity index is 522. The lowest BCUT2D eigenvalue weighted by Gasteiger charge is -2.10. The van der Waals surface area contributed by atoms with E-state index in [9.17, 15) is 0 Å². The first kappa shape index (κ1) is 12.8. The summed E-state index contributed by atoms with van der Waals surface area (Å²) < 4.78 is 5.47. The van der Waals surface area contributed by atoms with Crippen LogP contribution in [0.3, 0.4) is 0 Å². The molecule has 0 aliphatic rings. The summed E-state index contributed by atoms with van der Waals surface area (Å²) in [6, 6.07) is 10.1. The standard InChI is InChI=1S/C14H18N2OS/c1-3-17-14-8-11(5-7-13(14)15)16-9-12-6-4-10(2)18-12/h4-8,16H,3,9,15H2,1-2H3. The summed E-state index contributed by atoms with van der Waals surface area (Å²) in [5, 5.41) is 3.38. The number of hydrogen-bond acceptors (Lipinski definition) is 4. The van der Waals surface area contributed by atoms with Crippen molar-refractivity contribution in [1.29, 1.82) is 0 Å². The van der Waals surface area contributed by atoms with Crippen LogP contribution in [0.1, 0.15) is 16.7 Å². The molecular weight excluding hydrogens is 244 g/mol. The second-order valence-corrected chi connectivity index (χ2v) is 5.42. The molecule has 1 aromatic carbocycles. The van der Waals surface area contributed by atoms with Gasteiger partial charge in [-0.3, -0.25) is 0 Å². The summed E-state index contributed by atoms with van der Waals surface area (Å²) in [6.07, 6.45) is 0. The fourth-order valence-electron chi connectivity index (χ4n) is 1.69. The molecule has 0 spiro atoms. The molecular formula is C14H18N2OS. The molecule has 0 aliphatic carbocycles. The van der Waals surface area contributed by atoms with Crippen molar-refractivity contribution >= 4 is 22.7 Å². The number of thiophene rings is 1. The molecule has 0 fully saturated rings. The van der Waals surface area contributed by atoms with Crippen LogP contribution in [0.25, 0.3) is 0 Å². The average molecular weight is 262 g/mol. The van der Waals surface area contributed by atoms with E-state index in [-0.39, 0.29) is 0 Å². The Morgan fingerprint density at radius 1 is 1.28 bits per heavy atom. The van der Waals surface area contributed by atoms with E-state index >= 15 is 0 Å². The largest absolute Gasteiger partial charge is 0.492 e. The topological polar surface area (TPSA) is 47.3 Å². The Morgan fingerprint density at radius 2 is 2.11 bits per heavy atom. The van der Waals surface area contributed by atoms with Gasteiger partial charge in [-0.1, -0.05) is 0 Å². The van der Waals surface area contributed by atoms with Crippen molar-refractivity contribution in [2.24, 2.45) is 0 Å². The summed E-state index contributed by atoms with van der Waals surface area (Å²) in [7, 11) is 0. The lowest BCUT2D eigenvalue weighted by molar-refractivity contribution is 0.342. The summed E-state index contributed by atoms with van der Waals surface area (Å²) in [4.78, 5) is 2.65. The quantitative estimate of drug-likeness (QED) is 0.809. The van der Waals surface area contributed by atoms with Gasteiger partial charge in [0.05, 0.1) is 12.3 Å². The van der Waals surface area contributed by atoms with E-state index in [2.05, 4.69) is 24.4 Å². The predicted octanol–water partition coefficient (Wildman–Crippen LogP) is 3.65. The highest BCUT2D eigenvalue weighted by Crippen LogP contribution is 2.26. The SMILES string of the molecule is CCOc1cc(NCc2ccc(C)s2)ccc1N. The Labute approximate surface area is 112 Å². The molecule has 0 radical (unpaired) electrons. The number of ether oxygens (including phenoxy) is 1. The van der Waals surface area contributed by atoms with Gasteiger partial charge in [-0.05, 0) is 38.1 Å². The molecule has 0 saturated carbocycles. The molecule has 1 heterocycles. The van der Waals surface area contributed by atoms with Crippen LogP contribution in [0.4, 0.5) is 11.4 Å². The molecule has 0 unspecified atom stereocenters. The molecule has 2 aromatic rings. The third-order valence-corrected chi connectivity index (χ3v) is 3.58. The van der Waals surface area contributed by atoms with E-state index in [0.717, 1.165) is 18.0 Å². The van der Waals surface area contributed by atoms with E-state index in [1.165, 1.54) is 9.75 Å². The molecule has 18 heavy (non-hydrogen) atoms. The lowest BCUT2D eigenvalue weighted by atomic mass is 10.2. The Balaban J connectivity index is 2.03. The minimum Gasteiger partial charge on any atom is -0.492 e. The number of hydrogen-bond donors (Lipinski definition) is 2. The van der Waals surface area contributed by atoms with Crippen molar-refractivity contribution in [1.82, 2.24) is 0 Å². The van der Waals surface area contributed by atoms with Crippen LogP contribution in [0, 0.1) is 6.92 Å². The fourth-order valence-corrected chi connectivity index (χ4v) is 2.52. The molecule has 1 aromatic heterocycles. The van der Waals surface area contributed by atoms with Crippen molar-refractivity contribution in [3.05, 3.63) is 40.1 Å². The van der Waals surface area contributed by atoms with E-state index in [1.807, 2.05) is 25.1 Å². The van der Waals surface area contributed by atoms with Crippen LogP contribution in [-0.4, -0.2) is 6.61 Å². The van der Waals surface area contributed by atoms with Gasteiger partial charge in [-0.15, -0.1) is 11.3 Å². The number of nitrogens with two attached hydrogens (primary N) is 1. The molecule has 0 amide bonds. The number of aryl methyl sites for hydroxylation is 1. The third kappa shape index (κ3) is 3.17. The zero-order valence-electron chi connectivity index (χ0n) is 10.7. The highest BCUT2D eigenvalue weighted by atomic mass is 32.1. The molecule has 2 rings (SSSR count). The van der Waals surface area contributed by atoms with E-state index in [4.69, 9.17) is 10.5 Å². The van der Waals surface area contributed by atoms with E-state index in [1.54, 1.807) is 11.3 Å². The zero-order valence-corrected chi connectivity index (χ0v) is 11.5. The monoisotopic (exact) mass is 262 g/mol. The van der Waals surface area contributed by atoms with Gasteiger partial charge in [0, 0.05) is 28.1 Å². The van der Waals surface area contributed by atoms with Crippen molar-refractivity contribution in [3.8, 4) is 5.75 Å². The molecule has 3 nitrogen and oxygen atoms in total. The normalized spacial score (nSPS) is 10.3. The van der Waals surface area contributed by atoms with E-state index in [0.29, 0.717) is 12.3 Å². The van der Waals surface area contributed by atoms with Gasteiger partial charge in [-0.25, -0.2) is 0 Å². The maximum atomic E-state index is 5.84. The molecule has 0 aliphatic heterocycles. The summed E-state index contributed by atoms with van der Waals surface area (Å²) >= 11 is 1.81. The van der Waals surface area contributed by atoms with Crippen molar-refractivity contribution < 1.29 is 4.74 Å². The zero-order chi connectivity index (χ0) is 13.0. The Hall–Kier alpha value is -1.68. The highest BCUT2D eigenvalue weighted by Gasteiger charge is 2.02. The van der Waals surface area contributed by atoms with Crippen LogP contribution in [0.2, 0.25) is 0 Å². The smallest absolute Gasteiger partial charge is 0.144 e. The van der Waals surface area contributed by atoms with E-state index < -0.39 is 0 Å². The predicted molar refractivity (Wildman–Crippen MR) is 78.4 cm³/mol. The second kappa shape index (κ2) is 5.78. The minimum absolute atomic E-state index is 0.623. The van der Waals surface area contributed by atoms with Crippen LogP contribution in [0.15, 0.2) is 30.3 Å². The number of anilines is 2. The van der Waals surface area contributed by atoms with Gasteiger partial charge in [0.15, 0.2) is 0 Å². The van der Waals surface area contributed by atoms with Gasteiger partial charge >= 0.3 is 0 Å². The molecule has 3 N–H and O–H groups in total. The molecule has 0 bridgehead atoms. The van der Waals surface area contributed by atoms with Crippen molar-refractivity contribution in [2.75, 3.05) is 17.7 Å². The van der Waals surface area contributed by atoms with Gasteiger partial charge in [-0.2, -0.15) is 0 Å². The summed E-state index contributed by atoms with van der Waals surface area (Å²) in [6.45, 7) is 5.52. The summed E-state index contributed by atoms with van der Waals surface area (Å²) in [5.74, 6) is 0.741. The molecule has 0 saturated heterocycles. The maximum Gasteiger partial charge on any atom is 0.144 e. The second-order valence-electron chi connectivity index (χ2n) is 4.05. The molecule has 4 heteroatoms. The number of rotatable bonds is 5. The van der Waals surface area contributed by atoms with Crippen LogP contribution in [-0.2, 0) is 6.54 Å². The lowest BCUT2D eigenvalue weighted by Crippen LogP contribution is -2.00. The van der Waals surface area contributed by atoms with Gasteiger partial charge in [0.1, 0.15) is 5.75 Å². The van der Waals surface area contributed by atoms with Gasteiger partial charge < -0.3 is 15.8 Å². The van der Waals surface area contributed by atoms with Gasteiger partial charge in [0.2, 0.25) is 0 Å². The molecule has 0 atom stereocenters. The Kier molecular flexibility index (Phi) is 4.10. The first-order valence-corrected chi connectivity index (χ1v) is 6.82. The first-order chi connectivity index (χ1) is 8.69. The maximum absolute atomic E-state index is 5.84. The van der Waals surface area contributed by atoms with Crippen LogP contribution in [0.5, 0.6) is 5.75 Å². The van der Waals surface area contributed by atoms with Crippen LogP contribution >= 0.6 is 11.3 Å². The highest BCUT2D eigenvalue weighted by molar-refractivity contribution is 7.11. The van der Waals surface area contributed by atoms with Crippen LogP contribution < -0.4 is 15.8 Å². The first-order valence-electron chi connectivity index (χ1n) is 6.00. The number of nitrogens with one attached hydrogen (secondary N) is 1. The Morgan fingerprint density at radius 3 is 2.78 bits per heavy atom. The van der Waals surface area contributed by atoms with Crippen molar-refractivity contribution in [3.63, 3.8) is 0 Å². The number of benzene rings is 1. The molecule has 96 valence electrons. The third-order valence-electron chi connectivity index (χ3n) is 2.58. The average Bonchev–Trinajstić information content (AvgIpc) is 2.76. The van der Waals surface area contributed by atoms with Gasteiger partial charge in [0.25, 0.3) is 0 Å². The van der Waals surface area contributed by atoms with Crippen molar-refractivity contribution in [2.45, 2.75) is 20.4 Å². The minimum atomic E-state index is 0.623. The fraction of sp³-hybridized carbons (Fsp3) is 0.286. The number of nitrogen functional groups attached to an aromatic ring is 1. The summed E-state index contributed by atoms with van der Waals surface area (Å²) in [5.41, 5.74) is 7.54.